The second kappa shape index (κ2) is 9.41. The minimum absolute atomic E-state index is 0. The fourth-order valence-corrected chi connectivity index (χ4v) is 3.94. The Morgan fingerprint density at radius 3 is 2.70 bits per heavy atom. The van der Waals surface area contributed by atoms with Crippen LogP contribution < -0.4 is 5.32 Å². The number of benzene rings is 2. The van der Waals surface area contributed by atoms with Crippen molar-refractivity contribution in [2.45, 2.75) is 26.4 Å². The maximum atomic E-state index is 13.7. The third-order valence-corrected chi connectivity index (χ3v) is 5.35. The lowest BCUT2D eigenvalue weighted by molar-refractivity contribution is 0.0634. The highest BCUT2D eigenvalue weighted by Gasteiger charge is 2.29. The monoisotopic (exact) mass is 428 g/mol. The highest BCUT2D eigenvalue weighted by molar-refractivity contribution is 5.94. The molecule has 0 saturated carbocycles. The average Bonchev–Trinajstić information content (AvgIpc) is 3.04. The quantitative estimate of drug-likeness (QED) is 0.685. The first-order valence-corrected chi connectivity index (χ1v) is 9.88. The number of aryl methyl sites for hydroxylation is 2. The summed E-state index contributed by atoms with van der Waals surface area (Å²) < 4.78 is 15.7. The van der Waals surface area contributed by atoms with E-state index in [1.54, 1.807) is 6.07 Å². The van der Waals surface area contributed by atoms with Gasteiger partial charge >= 0.3 is 0 Å². The number of nitrogens with one attached hydrogen (secondary N) is 1. The Balaban J connectivity index is 0.00000256. The molecule has 1 aliphatic rings. The Labute approximate surface area is 182 Å². The van der Waals surface area contributed by atoms with Crippen molar-refractivity contribution in [2.24, 2.45) is 0 Å². The summed E-state index contributed by atoms with van der Waals surface area (Å²) in [5.41, 5.74) is 4.55. The van der Waals surface area contributed by atoms with E-state index in [2.05, 4.69) is 10.4 Å². The predicted octanol–water partition coefficient (Wildman–Crippen LogP) is 3.90. The van der Waals surface area contributed by atoms with E-state index < -0.39 is 0 Å². The summed E-state index contributed by atoms with van der Waals surface area (Å²) in [6.45, 7) is 6.54. The molecule has 1 unspecified atom stereocenters. The van der Waals surface area contributed by atoms with Crippen LogP contribution in [0, 0.1) is 19.7 Å². The van der Waals surface area contributed by atoms with Crippen LogP contribution in [0.5, 0.6) is 0 Å². The summed E-state index contributed by atoms with van der Waals surface area (Å²) in [6.07, 6.45) is 0. The molecule has 0 bridgehead atoms. The molecule has 0 spiro atoms. The van der Waals surface area contributed by atoms with E-state index in [1.807, 2.05) is 59.8 Å². The number of carbonyl (C=O) groups is 1. The molecule has 1 fully saturated rings. The van der Waals surface area contributed by atoms with Gasteiger partial charge in [0.1, 0.15) is 5.82 Å². The number of amides is 1. The molecule has 0 aliphatic carbocycles. The molecule has 30 heavy (non-hydrogen) atoms. The molecule has 1 aliphatic heterocycles. The molecule has 7 heteroatoms. The number of hydrogen-bond donors (Lipinski definition) is 1. The average molecular weight is 429 g/mol. The summed E-state index contributed by atoms with van der Waals surface area (Å²) >= 11 is 0. The number of nitrogens with zero attached hydrogens (tertiary/aromatic N) is 3. The van der Waals surface area contributed by atoms with E-state index in [4.69, 9.17) is 0 Å². The van der Waals surface area contributed by atoms with Crippen LogP contribution in [0.3, 0.4) is 0 Å². The standard InChI is InChI=1S/C23H25FN4O.ClH/c1-16-11-17(2)28(26-16)15-18-5-3-7-20(12-18)23(29)27-10-9-25-14-22(27)19-6-4-8-21(24)13-19;/h3-8,11-13,22,25H,9-10,14-15H2,1-2H3;1H. The summed E-state index contributed by atoms with van der Waals surface area (Å²) in [6, 6.07) is 16.1. The van der Waals surface area contributed by atoms with Crippen LogP contribution in [0.4, 0.5) is 4.39 Å². The van der Waals surface area contributed by atoms with Crippen molar-refractivity contribution in [1.29, 1.82) is 0 Å². The Hall–Kier alpha value is -2.70. The van der Waals surface area contributed by atoms with Crippen LogP contribution in [0.25, 0.3) is 0 Å². The van der Waals surface area contributed by atoms with Gasteiger partial charge in [0, 0.05) is 30.9 Å². The second-order valence-electron chi connectivity index (χ2n) is 7.56. The van der Waals surface area contributed by atoms with Gasteiger partial charge in [0.15, 0.2) is 0 Å². The van der Waals surface area contributed by atoms with E-state index in [-0.39, 0.29) is 30.2 Å². The van der Waals surface area contributed by atoms with Gasteiger partial charge in [-0.05, 0) is 55.3 Å². The van der Waals surface area contributed by atoms with Crippen LogP contribution in [0.1, 0.15) is 38.9 Å². The van der Waals surface area contributed by atoms with Gasteiger partial charge in [-0.1, -0.05) is 24.3 Å². The number of aromatic nitrogens is 2. The summed E-state index contributed by atoms with van der Waals surface area (Å²) in [7, 11) is 0. The smallest absolute Gasteiger partial charge is 0.254 e. The third kappa shape index (κ3) is 4.71. The minimum atomic E-state index is -0.285. The van der Waals surface area contributed by atoms with Gasteiger partial charge in [-0.25, -0.2) is 4.39 Å². The Bertz CT molecular complexity index is 1040. The SMILES string of the molecule is Cc1cc(C)n(Cc2cccc(C(=O)N3CCNCC3c3cccc(F)c3)c2)n1.Cl. The molecule has 5 nitrogen and oxygen atoms in total. The van der Waals surface area contributed by atoms with Crippen LogP contribution in [-0.4, -0.2) is 40.2 Å². The van der Waals surface area contributed by atoms with Crippen molar-refractivity contribution in [3.8, 4) is 0 Å². The Morgan fingerprint density at radius 1 is 1.17 bits per heavy atom. The van der Waals surface area contributed by atoms with Gasteiger partial charge in [0.2, 0.25) is 0 Å². The van der Waals surface area contributed by atoms with Gasteiger partial charge in [0.05, 0.1) is 18.3 Å². The molecule has 0 radical (unpaired) electrons. The number of hydrogen-bond acceptors (Lipinski definition) is 3. The zero-order chi connectivity index (χ0) is 20.4. The highest BCUT2D eigenvalue weighted by atomic mass is 35.5. The lowest BCUT2D eigenvalue weighted by atomic mass is 10.0. The molecule has 1 saturated heterocycles. The van der Waals surface area contributed by atoms with E-state index in [9.17, 15) is 9.18 Å². The molecule has 2 heterocycles. The van der Waals surface area contributed by atoms with Gasteiger partial charge in [-0.3, -0.25) is 9.48 Å². The van der Waals surface area contributed by atoms with Crippen molar-refractivity contribution in [1.82, 2.24) is 20.0 Å². The van der Waals surface area contributed by atoms with Crippen molar-refractivity contribution >= 4 is 18.3 Å². The van der Waals surface area contributed by atoms with Crippen molar-refractivity contribution in [3.05, 3.63) is 88.5 Å². The zero-order valence-electron chi connectivity index (χ0n) is 17.1. The number of piperazine rings is 1. The van der Waals surface area contributed by atoms with Crippen molar-refractivity contribution < 1.29 is 9.18 Å². The largest absolute Gasteiger partial charge is 0.329 e. The lowest BCUT2D eigenvalue weighted by Crippen LogP contribution is -2.48. The highest BCUT2D eigenvalue weighted by Crippen LogP contribution is 2.25. The summed E-state index contributed by atoms with van der Waals surface area (Å²) in [4.78, 5) is 15.2. The number of halogens is 2. The maximum Gasteiger partial charge on any atom is 0.254 e. The van der Waals surface area contributed by atoms with Gasteiger partial charge in [0.25, 0.3) is 5.91 Å². The van der Waals surface area contributed by atoms with E-state index in [0.29, 0.717) is 25.2 Å². The van der Waals surface area contributed by atoms with Gasteiger partial charge in [-0.2, -0.15) is 5.10 Å². The van der Waals surface area contributed by atoms with Crippen LogP contribution in [-0.2, 0) is 6.54 Å². The molecule has 2 aromatic carbocycles. The van der Waals surface area contributed by atoms with Gasteiger partial charge < -0.3 is 10.2 Å². The molecule has 158 valence electrons. The van der Waals surface area contributed by atoms with Gasteiger partial charge in [-0.15, -0.1) is 12.4 Å². The minimum Gasteiger partial charge on any atom is -0.329 e. The topological polar surface area (TPSA) is 50.2 Å². The molecule has 3 aromatic rings. The first-order chi connectivity index (χ1) is 14.0. The number of rotatable bonds is 4. The fourth-order valence-electron chi connectivity index (χ4n) is 3.94. The normalized spacial score (nSPS) is 16.2. The first kappa shape index (κ1) is 22.0. The van der Waals surface area contributed by atoms with Crippen molar-refractivity contribution in [3.63, 3.8) is 0 Å². The summed E-state index contributed by atoms with van der Waals surface area (Å²) in [5.74, 6) is -0.316. The van der Waals surface area contributed by atoms with E-state index in [1.165, 1.54) is 12.1 Å². The molecule has 4 rings (SSSR count). The van der Waals surface area contributed by atoms with Crippen LogP contribution in [0.2, 0.25) is 0 Å². The predicted molar refractivity (Wildman–Crippen MR) is 118 cm³/mol. The molecule has 1 N–H and O–H groups in total. The number of carbonyl (C=O) groups excluding carboxylic acids is 1. The van der Waals surface area contributed by atoms with Crippen molar-refractivity contribution in [2.75, 3.05) is 19.6 Å². The lowest BCUT2D eigenvalue weighted by Gasteiger charge is -2.36. The summed E-state index contributed by atoms with van der Waals surface area (Å²) in [5, 5.41) is 7.82. The molecule has 1 amide bonds. The Morgan fingerprint density at radius 2 is 1.97 bits per heavy atom. The third-order valence-electron chi connectivity index (χ3n) is 5.35. The first-order valence-electron chi connectivity index (χ1n) is 9.88. The maximum absolute atomic E-state index is 13.7. The molecule has 1 atom stereocenters. The molecular weight excluding hydrogens is 403 g/mol. The molecule has 1 aromatic heterocycles. The zero-order valence-corrected chi connectivity index (χ0v) is 18.0. The second-order valence-corrected chi connectivity index (χ2v) is 7.56. The fraction of sp³-hybridized carbons (Fsp3) is 0.304. The Kier molecular flexibility index (Phi) is 6.90. The van der Waals surface area contributed by atoms with Crippen LogP contribution in [0.15, 0.2) is 54.6 Å². The van der Waals surface area contributed by atoms with E-state index in [0.717, 1.165) is 29.1 Å². The molecular formula is C23H26ClFN4O. The van der Waals surface area contributed by atoms with Crippen LogP contribution >= 0.6 is 12.4 Å². The van der Waals surface area contributed by atoms with E-state index >= 15 is 0 Å².